The van der Waals surface area contributed by atoms with E-state index in [1.165, 1.54) is 44.6 Å². The highest BCUT2D eigenvalue weighted by Gasteiger charge is 2.30. The highest BCUT2D eigenvalue weighted by atomic mass is 35.5. The van der Waals surface area contributed by atoms with Crippen molar-refractivity contribution in [2.24, 2.45) is 0 Å². The predicted octanol–water partition coefficient (Wildman–Crippen LogP) is 2.02. The standard InChI is InChI=1S/C13H18ClN3/c14-13-9-11(3-4-15-13)10-16-5-7-17(8-6-16)12-1-2-12/h3-4,9,12H,1-2,5-8,10H2. The Labute approximate surface area is 107 Å². The molecule has 0 aromatic carbocycles. The molecule has 0 atom stereocenters. The molecule has 1 aromatic rings. The molecule has 92 valence electrons. The minimum Gasteiger partial charge on any atom is -0.298 e. The summed E-state index contributed by atoms with van der Waals surface area (Å²) in [4.78, 5) is 9.15. The van der Waals surface area contributed by atoms with Crippen LogP contribution in [-0.4, -0.2) is 47.0 Å². The molecule has 2 fully saturated rings. The molecule has 1 saturated heterocycles. The maximum absolute atomic E-state index is 5.90. The lowest BCUT2D eigenvalue weighted by molar-refractivity contribution is 0.121. The molecule has 17 heavy (non-hydrogen) atoms. The summed E-state index contributed by atoms with van der Waals surface area (Å²) in [7, 11) is 0. The summed E-state index contributed by atoms with van der Waals surface area (Å²) in [6.07, 6.45) is 4.62. The fourth-order valence-corrected chi connectivity index (χ4v) is 2.72. The first kappa shape index (κ1) is 11.5. The van der Waals surface area contributed by atoms with Crippen LogP contribution in [0.1, 0.15) is 18.4 Å². The third kappa shape index (κ3) is 2.97. The largest absolute Gasteiger partial charge is 0.298 e. The van der Waals surface area contributed by atoms with E-state index in [4.69, 9.17) is 11.6 Å². The van der Waals surface area contributed by atoms with Crippen LogP contribution in [0.25, 0.3) is 0 Å². The maximum atomic E-state index is 5.90. The second kappa shape index (κ2) is 4.92. The molecular weight excluding hydrogens is 234 g/mol. The summed E-state index contributed by atoms with van der Waals surface area (Å²) >= 11 is 5.90. The number of hydrogen-bond acceptors (Lipinski definition) is 3. The Kier molecular flexibility index (Phi) is 3.32. The zero-order valence-electron chi connectivity index (χ0n) is 9.98. The number of nitrogens with zero attached hydrogens (tertiary/aromatic N) is 3. The smallest absolute Gasteiger partial charge is 0.129 e. The van der Waals surface area contributed by atoms with E-state index in [0.717, 1.165) is 12.6 Å². The van der Waals surface area contributed by atoms with E-state index in [1.807, 2.05) is 6.07 Å². The van der Waals surface area contributed by atoms with Gasteiger partial charge in [0.15, 0.2) is 0 Å². The van der Waals surface area contributed by atoms with Crippen molar-refractivity contribution < 1.29 is 0 Å². The average Bonchev–Trinajstić information content (AvgIpc) is 3.14. The van der Waals surface area contributed by atoms with Crippen LogP contribution in [0, 0.1) is 0 Å². The van der Waals surface area contributed by atoms with E-state index < -0.39 is 0 Å². The van der Waals surface area contributed by atoms with Crippen LogP contribution < -0.4 is 0 Å². The fraction of sp³-hybridized carbons (Fsp3) is 0.615. The SMILES string of the molecule is Clc1cc(CN2CCN(C3CC3)CC2)ccn1. The molecule has 0 N–H and O–H groups in total. The van der Waals surface area contributed by atoms with Crippen molar-refractivity contribution in [3.63, 3.8) is 0 Å². The van der Waals surface area contributed by atoms with Crippen LogP contribution in [0.3, 0.4) is 0 Å². The lowest BCUT2D eigenvalue weighted by atomic mass is 10.2. The first-order chi connectivity index (χ1) is 8.31. The highest BCUT2D eigenvalue weighted by molar-refractivity contribution is 6.29. The average molecular weight is 252 g/mol. The fourth-order valence-electron chi connectivity index (χ4n) is 2.53. The Morgan fingerprint density at radius 2 is 2.00 bits per heavy atom. The number of rotatable bonds is 3. The molecule has 1 aliphatic heterocycles. The number of aromatic nitrogens is 1. The zero-order valence-corrected chi connectivity index (χ0v) is 10.7. The van der Waals surface area contributed by atoms with Gasteiger partial charge in [0.1, 0.15) is 5.15 Å². The van der Waals surface area contributed by atoms with Gasteiger partial charge in [0.05, 0.1) is 0 Å². The van der Waals surface area contributed by atoms with Gasteiger partial charge in [0.25, 0.3) is 0 Å². The normalized spacial score (nSPS) is 22.9. The molecule has 1 aromatic heterocycles. The Balaban J connectivity index is 1.53. The van der Waals surface area contributed by atoms with Crippen molar-refractivity contribution in [2.45, 2.75) is 25.4 Å². The molecule has 3 nitrogen and oxygen atoms in total. The molecule has 2 aliphatic rings. The first-order valence-corrected chi connectivity index (χ1v) is 6.76. The number of pyridine rings is 1. The van der Waals surface area contributed by atoms with Gasteiger partial charge in [0, 0.05) is 45.0 Å². The zero-order chi connectivity index (χ0) is 11.7. The third-order valence-electron chi connectivity index (χ3n) is 3.67. The van der Waals surface area contributed by atoms with Gasteiger partial charge in [0.2, 0.25) is 0 Å². The van der Waals surface area contributed by atoms with Crippen molar-refractivity contribution in [1.29, 1.82) is 0 Å². The van der Waals surface area contributed by atoms with Gasteiger partial charge in [-0.15, -0.1) is 0 Å². The van der Waals surface area contributed by atoms with Gasteiger partial charge in [-0.1, -0.05) is 11.6 Å². The predicted molar refractivity (Wildman–Crippen MR) is 69.1 cm³/mol. The molecule has 4 heteroatoms. The van der Waals surface area contributed by atoms with Crippen LogP contribution in [-0.2, 0) is 6.54 Å². The lowest BCUT2D eigenvalue weighted by Gasteiger charge is -2.34. The molecule has 0 bridgehead atoms. The van der Waals surface area contributed by atoms with Gasteiger partial charge in [-0.25, -0.2) is 4.98 Å². The summed E-state index contributed by atoms with van der Waals surface area (Å²) in [6.45, 7) is 5.81. The molecule has 1 aliphatic carbocycles. The van der Waals surface area contributed by atoms with Gasteiger partial charge in [-0.2, -0.15) is 0 Å². The van der Waals surface area contributed by atoms with E-state index >= 15 is 0 Å². The highest BCUT2D eigenvalue weighted by Crippen LogP contribution is 2.27. The Hall–Kier alpha value is -0.640. The minimum atomic E-state index is 0.596. The van der Waals surface area contributed by atoms with Gasteiger partial charge in [-0.05, 0) is 30.5 Å². The molecule has 1 saturated carbocycles. The van der Waals surface area contributed by atoms with Crippen molar-refractivity contribution >= 4 is 11.6 Å². The molecule has 0 amide bonds. The van der Waals surface area contributed by atoms with Crippen molar-refractivity contribution in [2.75, 3.05) is 26.2 Å². The molecule has 0 radical (unpaired) electrons. The second-order valence-corrected chi connectivity index (χ2v) is 5.42. The van der Waals surface area contributed by atoms with Crippen molar-refractivity contribution in [3.05, 3.63) is 29.0 Å². The van der Waals surface area contributed by atoms with E-state index in [9.17, 15) is 0 Å². The summed E-state index contributed by atoms with van der Waals surface area (Å²) in [5.74, 6) is 0. The topological polar surface area (TPSA) is 19.4 Å². The first-order valence-electron chi connectivity index (χ1n) is 6.38. The van der Waals surface area contributed by atoms with Gasteiger partial charge >= 0.3 is 0 Å². The van der Waals surface area contributed by atoms with Crippen LogP contribution >= 0.6 is 11.6 Å². The number of piperazine rings is 1. The van der Waals surface area contributed by atoms with Crippen molar-refractivity contribution in [1.82, 2.24) is 14.8 Å². The Morgan fingerprint density at radius 3 is 2.65 bits per heavy atom. The third-order valence-corrected chi connectivity index (χ3v) is 3.87. The molecular formula is C13H18ClN3. The van der Waals surface area contributed by atoms with E-state index in [2.05, 4.69) is 20.9 Å². The number of hydrogen-bond donors (Lipinski definition) is 0. The molecule has 2 heterocycles. The van der Waals surface area contributed by atoms with Gasteiger partial charge < -0.3 is 0 Å². The summed E-state index contributed by atoms with van der Waals surface area (Å²) in [6, 6.07) is 4.93. The minimum absolute atomic E-state index is 0.596. The van der Waals surface area contributed by atoms with Crippen molar-refractivity contribution in [3.8, 4) is 0 Å². The maximum Gasteiger partial charge on any atom is 0.129 e. The summed E-state index contributed by atoms with van der Waals surface area (Å²) < 4.78 is 0. The summed E-state index contributed by atoms with van der Waals surface area (Å²) in [5, 5.41) is 0.596. The molecule has 0 spiro atoms. The van der Waals surface area contributed by atoms with Crippen LogP contribution in [0.15, 0.2) is 18.3 Å². The quantitative estimate of drug-likeness (QED) is 0.767. The summed E-state index contributed by atoms with van der Waals surface area (Å²) in [5.41, 5.74) is 1.27. The Morgan fingerprint density at radius 1 is 1.24 bits per heavy atom. The second-order valence-electron chi connectivity index (χ2n) is 5.03. The van der Waals surface area contributed by atoms with Gasteiger partial charge in [-0.3, -0.25) is 9.80 Å². The Bertz CT molecular complexity index is 384. The molecule has 0 unspecified atom stereocenters. The van der Waals surface area contributed by atoms with E-state index in [-0.39, 0.29) is 0 Å². The van der Waals surface area contributed by atoms with Crippen LogP contribution in [0.4, 0.5) is 0 Å². The lowest BCUT2D eigenvalue weighted by Crippen LogP contribution is -2.46. The monoisotopic (exact) mass is 251 g/mol. The number of halogens is 1. The molecule has 3 rings (SSSR count). The van der Waals surface area contributed by atoms with E-state index in [1.54, 1.807) is 6.20 Å². The van der Waals surface area contributed by atoms with Crippen LogP contribution in [0.5, 0.6) is 0 Å². The van der Waals surface area contributed by atoms with E-state index in [0.29, 0.717) is 5.15 Å². The van der Waals surface area contributed by atoms with Crippen LogP contribution in [0.2, 0.25) is 5.15 Å².